The minimum absolute atomic E-state index is 0.0124. The third kappa shape index (κ3) is 4.56. The molecule has 0 fully saturated rings. The van der Waals surface area contributed by atoms with Crippen molar-refractivity contribution >= 4 is 29.3 Å². The predicted molar refractivity (Wildman–Crippen MR) is 115 cm³/mol. The van der Waals surface area contributed by atoms with E-state index in [1.807, 2.05) is 49.6 Å². The first-order valence-corrected chi connectivity index (χ1v) is 10.5. The van der Waals surface area contributed by atoms with Gasteiger partial charge in [-0.1, -0.05) is 54.6 Å². The van der Waals surface area contributed by atoms with Crippen molar-refractivity contribution in [1.29, 1.82) is 0 Å². The monoisotopic (exact) mass is 414 g/mol. The number of halogens is 1. The lowest BCUT2D eigenvalue weighted by Gasteiger charge is -2.14. The summed E-state index contributed by atoms with van der Waals surface area (Å²) in [5.41, 5.74) is 4.02. The summed E-state index contributed by atoms with van der Waals surface area (Å²) < 4.78 is 1.99. The molecule has 1 N–H and O–H groups in total. The molecule has 0 spiro atoms. The van der Waals surface area contributed by atoms with Crippen LogP contribution in [-0.4, -0.2) is 33.0 Å². The highest BCUT2D eigenvalue weighted by Gasteiger charge is 2.20. The van der Waals surface area contributed by atoms with Gasteiger partial charge in [0.15, 0.2) is 11.0 Å². The van der Waals surface area contributed by atoms with Crippen LogP contribution in [0.1, 0.15) is 24.5 Å². The normalized spacial score (nSPS) is 10.9. The highest BCUT2D eigenvalue weighted by atomic mass is 35.5. The maximum Gasteiger partial charge on any atom is 0.230 e. The number of nitrogens with zero attached hydrogens (tertiary/aromatic N) is 3. The van der Waals surface area contributed by atoms with Gasteiger partial charge in [-0.2, -0.15) is 0 Å². The third-order valence-corrected chi connectivity index (χ3v) is 5.52. The number of aromatic nitrogens is 3. The lowest BCUT2D eigenvalue weighted by molar-refractivity contribution is -0.118. The number of aryl methyl sites for hydroxylation is 2. The van der Waals surface area contributed by atoms with Crippen molar-refractivity contribution in [1.82, 2.24) is 20.1 Å². The van der Waals surface area contributed by atoms with Crippen molar-refractivity contribution in [3.63, 3.8) is 0 Å². The molecule has 0 saturated carbocycles. The fourth-order valence-corrected chi connectivity index (χ4v) is 3.80. The van der Waals surface area contributed by atoms with E-state index in [0.29, 0.717) is 22.5 Å². The zero-order valence-corrected chi connectivity index (χ0v) is 17.8. The van der Waals surface area contributed by atoms with E-state index >= 15 is 0 Å². The quantitative estimate of drug-likeness (QED) is 0.563. The summed E-state index contributed by atoms with van der Waals surface area (Å²) in [6.45, 7) is 6.80. The second kappa shape index (κ2) is 9.26. The second-order valence-corrected chi connectivity index (χ2v) is 7.90. The Bertz CT molecular complexity index is 986. The molecule has 2 aromatic carbocycles. The van der Waals surface area contributed by atoms with E-state index in [4.69, 9.17) is 11.6 Å². The second-order valence-electron chi connectivity index (χ2n) is 6.55. The van der Waals surface area contributed by atoms with Crippen LogP contribution in [0.4, 0.5) is 0 Å². The number of hydrogen-bond acceptors (Lipinski definition) is 4. The molecule has 0 atom stereocenters. The van der Waals surface area contributed by atoms with Crippen LogP contribution in [0, 0.1) is 13.8 Å². The van der Waals surface area contributed by atoms with E-state index in [9.17, 15) is 4.79 Å². The molecule has 3 aromatic rings. The molecule has 28 heavy (non-hydrogen) atoms. The molecule has 3 rings (SSSR count). The van der Waals surface area contributed by atoms with Gasteiger partial charge in [-0.05, 0) is 49.6 Å². The Hall–Kier alpha value is -2.31. The molecule has 1 heterocycles. The summed E-state index contributed by atoms with van der Waals surface area (Å²) in [4.78, 5) is 12.1. The SMILES string of the molecule is CCCNC(=O)CSc1nnc(-c2ccccc2Cl)n1-c1cc(C)ccc1C. The maximum absolute atomic E-state index is 12.1. The maximum atomic E-state index is 12.1. The van der Waals surface area contributed by atoms with E-state index in [1.165, 1.54) is 11.8 Å². The standard InChI is InChI=1S/C21H23ClN4OS/c1-4-11-23-19(27)13-28-21-25-24-20(16-7-5-6-8-17(16)22)26(21)18-12-14(2)9-10-15(18)3/h5-10,12H,4,11,13H2,1-3H3,(H,23,27). The topological polar surface area (TPSA) is 59.8 Å². The van der Waals surface area contributed by atoms with Crippen molar-refractivity contribution in [2.24, 2.45) is 0 Å². The van der Waals surface area contributed by atoms with Gasteiger partial charge in [0, 0.05) is 12.1 Å². The van der Waals surface area contributed by atoms with Gasteiger partial charge < -0.3 is 5.32 Å². The van der Waals surface area contributed by atoms with E-state index in [0.717, 1.165) is 28.8 Å². The number of carbonyl (C=O) groups is 1. The molecular formula is C21H23ClN4OS. The summed E-state index contributed by atoms with van der Waals surface area (Å²) >= 11 is 7.80. The van der Waals surface area contributed by atoms with Crippen LogP contribution in [0.2, 0.25) is 5.02 Å². The fraction of sp³-hybridized carbons (Fsp3) is 0.286. The van der Waals surface area contributed by atoms with Crippen LogP contribution in [0.15, 0.2) is 47.6 Å². The highest BCUT2D eigenvalue weighted by molar-refractivity contribution is 7.99. The zero-order chi connectivity index (χ0) is 20.1. The fourth-order valence-electron chi connectivity index (χ4n) is 2.80. The lowest BCUT2D eigenvalue weighted by atomic mass is 10.1. The Labute approximate surface area is 174 Å². The molecule has 0 aliphatic heterocycles. The highest BCUT2D eigenvalue weighted by Crippen LogP contribution is 2.33. The van der Waals surface area contributed by atoms with Gasteiger partial charge in [-0.3, -0.25) is 9.36 Å². The molecule has 1 amide bonds. The van der Waals surface area contributed by atoms with Crippen LogP contribution < -0.4 is 5.32 Å². The largest absolute Gasteiger partial charge is 0.355 e. The number of amides is 1. The molecule has 0 bridgehead atoms. The average molecular weight is 415 g/mol. The van der Waals surface area contributed by atoms with Crippen LogP contribution in [0.3, 0.4) is 0 Å². The number of nitrogens with one attached hydrogen (secondary N) is 1. The first-order valence-electron chi connectivity index (χ1n) is 9.18. The summed E-state index contributed by atoms with van der Waals surface area (Å²) in [5, 5.41) is 12.9. The van der Waals surface area contributed by atoms with Crippen molar-refractivity contribution in [2.75, 3.05) is 12.3 Å². The Balaban J connectivity index is 2.05. The van der Waals surface area contributed by atoms with Crippen molar-refractivity contribution < 1.29 is 4.79 Å². The van der Waals surface area contributed by atoms with E-state index in [1.54, 1.807) is 0 Å². The lowest BCUT2D eigenvalue weighted by Crippen LogP contribution is -2.25. The zero-order valence-electron chi connectivity index (χ0n) is 16.2. The Morgan fingerprint density at radius 2 is 1.96 bits per heavy atom. The van der Waals surface area contributed by atoms with Crippen molar-refractivity contribution in [2.45, 2.75) is 32.3 Å². The minimum Gasteiger partial charge on any atom is -0.355 e. The third-order valence-electron chi connectivity index (χ3n) is 4.26. The molecule has 0 aliphatic carbocycles. The Morgan fingerprint density at radius 1 is 1.18 bits per heavy atom. The number of thioether (sulfide) groups is 1. The average Bonchev–Trinajstić information content (AvgIpc) is 3.10. The molecule has 0 aliphatic rings. The molecule has 5 nitrogen and oxygen atoms in total. The van der Waals surface area contributed by atoms with Gasteiger partial charge in [-0.25, -0.2) is 0 Å². The van der Waals surface area contributed by atoms with Crippen LogP contribution in [-0.2, 0) is 4.79 Å². The van der Waals surface area contributed by atoms with Gasteiger partial charge in [0.05, 0.1) is 16.5 Å². The number of carbonyl (C=O) groups excluding carboxylic acids is 1. The van der Waals surface area contributed by atoms with Crippen LogP contribution >= 0.6 is 23.4 Å². The number of hydrogen-bond donors (Lipinski definition) is 1. The predicted octanol–water partition coefficient (Wildman–Crippen LogP) is 4.82. The van der Waals surface area contributed by atoms with E-state index < -0.39 is 0 Å². The van der Waals surface area contributed by atoms with Crippen molar-refractivity contribution in [3.05, 3.63) is 58.6 Å². The van der Waals surface area contributed by atoms with E-state index in [2.05, 4.69) is 33.7 Å². The van der Waals surface area contributed by atoms with Gasteiger partial charge in [0.2, 0.25) is 5.91 Å². The Kier molecular flexibility index (Phi) is 6.75. The summed E-state index contributed by atoms with van der Waals surface area (Å²) in [6.07, 6.45) is 0.908. The minimum atomic E-state index is -0.0124. The van der Waals surface area contributed by atoms with Gasteiger partial charge in [0.25, 0.3) is 0 Å². The summed E-state index contributed by atoms with van der Waals surface area (Å²) in [5.74, 6) is 0.934. The van der Waals surface area contributed by atoms with Gasteiger partial charge in [-0.15, -0.1) is 10.2 Å². The van der Waals surface area contributed by atoms with Gasteiger partial charge >= 0.3 is 0 Å². The van der Waals surface area contributed by atoms with Crippen LogP contribution in [0.5, 0.6) is 0 Å². The first kappa shape index (κ1) is 20.4. The molecular weight excluding hydrogens is 392 g/mol. The molecule has 1 aromatic heterocycles. The molecule has 0 saturated heterocycles. The molecule has 146 valence electrons. The van der Waals surface area contributed by atoms with Gasteiger partial charge in [0.1, 0.15) is 0 Å². The number of rotatable bonds is 7. The summed E-state index contributed by atoms with van der Waals surface area (Å²) in [6, 6.07) is 13.8. The number of benzene rings is 2. The first-order chi connectivity index (χ1) is 13.5. The molecule has 7 heteroatoms. The van der Waals surface area contributed by atoms with Crippen molar-refractivity contribution in [3.8, 4) is 17.1 Å². The molecule has 0 unspecified atom stereocenters. The Morgan fingerprint density at radius 3 is 2.71 bits per heavy atom. The van der Waals surface area contributed by atoms with E-state index in [-0.39, 0.29) is 11.7 Å². The summed E-state index contributed by atoms with van der Waals surface area (Å²) in [7, 11) is 0. The van der Waals surface area contributed by atoms with Crippen LogP contribution in [0.25, 0.3) is 17.1 Å². The molecule has 0 radical (unpaired) electrons. The smallest absolute Gasteiger partial charge is 0.230 e.